The van der Waals surface area contributed by atoms with Crippen molar-refractivity contribution in [1.29, 1.82) is 0 Å². The van der Waals surface area contributed by atoms with Crippen molar-refractivity contribution in [2.75, 3.05) is 19.4 Å². The van der Waals surface area contributed by atoms with Crippen molar-refractivity contribution in [3.63, 3.8) is 0 Å². The molecule has 0 atom stereocenters. The van der Waals surface area contributed by atoms with E-state index in [4.69, 9.17) is 4.52 Å². The van der Waals surface area contributed by atoms with Crippen molar-refractivity contribution < 1.29 is 14.1 Å². The molecule has 8 nitrogen and oxygen atoms in total. The van der Waals surface area contributed by atoms with Crippen LogP contribution < -0.4 is 11.1 Å². The molecule has 0 spiro atoms. The van der Waals surface area contributed by atoms with Gasteiger partial charge in [-0.2, -0.15) is 0 Å². The minimum absolute atomic E-state index is 0.173. The fourth-order valence-corrected chi connectivity index (χ4v) is 2.53. The summed E-state index contributed by atoms with van der Waals surface area (Å²) in [6.45, 7) is -0.265. The minimum atomic E-state index is -0.722. The van der Waals surface area contributed by atoms with E-state index in [0.717, 1.165) is 4.57 Å². The minimum Gasteiger partial charge on any atom is -0.345 e. The maximum atomic E-state index is 12.4. The van der Waals surface area contributed by atoms with Crippen LogP contribution in [0.1, 0.15) is 10.4 Å². The van der Waals surface area contributed by atoms with Gasteiger partial charge in [0.05, 0.1) is 0 Å². The molecule has 0 saturated carbocycles. The summed E-state index contributed by atoms with van der Waals surface area (Å²) in [5.41, 5.74) is 1.57. The lowest BCUT2D eigenvalue weighted by molar-refractivity contribution is -0.116. The second-order valence-corrected chi connectivity index (χ2v) is 6.05. The Morgan fingerprint density at radius 1 is 1.11 bits per heavy atom. The van der Waals surface area contributed by atoms with Gasteiger partial charge in [-0.25, -0.2) is 9.36 Å². The Morgan fingerprint density at radius 2 is 1.85 bits per heavy atom. The Balaban J connectivity index is 1.78. The first-order valence-electron chi connectivity index (χ1n) is 8.19. The standard InChI is InChI=1S/C19H18N4O4/c1-22(2)18(25)14-9-6-10-15(11-14)20-16(24)12-23-17(21-27-19(23)26)13-7-4-3-5-8-13/h3-11H,12H2,1-2H3,(H,20,24). The van der Waals surface area contributed by atoms with E-state index in [1.165, 1.54) is 4.90 Å². The third kappa shape index (κ3) is 4.12. The number of nitrogens with zero attached hydrogens (tertiary/aromatic N) is 3. The molecule has 0 saturated heterocycles. The van der Waals surface area contributed by atoms with Crippen LogP contribution in [0.15, 0.2) is 63.9 Å². The predicted octanol–water partition coefficient (Wildman–Crippen LogP) is 1.84. The van der Waals surface area contributed by atoms with Gasteiger partial charge < -0.3 is 10.2 Å². The highest BCUT2D eigenvalue weighted by atomic mass is 16.5. The van der Waals surface area contributed by atoms with Crippen molar-refractivity contribution in [3.8, 4) is 11.4 Å². The molecule has 0 bridgehead atoms. The Hall–Kier alpha value is -3.68. The van der Waals surface area contributed by atoms with Crippen molar-refractivity contribution in [1.82, 2.24) is 14.6 Å². The molecule has 1 aromatic heterocycles. The fourth-order valence-electron chi connectivity index (χ4n) is 2.53. The number of anilines is 1. The van der Waals surface area contributed by atoms with Crippen LogP contribution in [0.3, 0.4) is 0 Å². The van der Waals surface area contributed by atoms with Gasteiger partial charge in [-0.05, 0) is 18.2 Å². The second kappa shape index (κ2) is 7.69. The summed E-state index contributed by atoms with van der Waals surface area (Å²) in [6.07, 6.45) is 0. The van der Waals surface area contributed by atoms with Gasteiger partial charge in [0, 0.05) is 30.9 Å². The van der Waals surface area contributed by atoms with E-state index < -0.39 is 11.7 Å². The molecule has 3 rings (SSSR count). The summed E-state index contributed by atoms with van der Waals surface area (Å²) in [7, 11) is 3.30. The smallest absolute Gasteiger partial charge is 0.345 e. The molecule has 2 aromatic carbocycles. The SMILES string of the molecule is CN(C)C(=O)c1cccc(NC(=O)Cn2c(-c3ccccc3)noc2=O)c1. The number of hydrogen-bond acceptors (Lipinski definition) is 5. The Morgan fingerprint density at radius 3 is 2.56 bits per heavy atom. The van der Waals surface area contributed by atoms with Gasteiger partial charge in [0.1, 0.15) is 6.54 Å². The number of aromatic nitrogens is 2. The largest absolute Gasteiger partial charge is 0.442 e. The average molecular weight is 366 g/mol. The zero-order valence-corrected chi connectivity index (χ0v) is 14.9. The molecule has 3 aromatic rings. The first-order valence-corrected chi connectivity index (χ1v) is 8.19. The summed E-state index contributed by atoms with van der Waals surface area (Å²) in [5, 5.41) is 6.43. The molecule has 1 heterocycles. The van der Waals surface area contributed by atoms with Crippen LogP contribution in [0.2, 0.25) is 0 Å². The third-order valence-electron chi connectivity index (χ3n) is 3.82. The highest BCUT2D eigenvalue weighted by Gasteiger charge is 2.16. The Bertz CT molecular complexity index is 1020. The van der Waals surface area contributed by atoms with E-state index in [2.05, 4.69) is 10.5 Å². The van der Waals surface area contributed by atoms with Crippen molar-refractivity contribution in [3.05, 3.63) is 70.7 Å². The highest BCUT2D eigenvalue weighted by Crippen LogP contribution is 2.16. The highest BCUT2D eigenvalue weighted by molar-refractivity contribution is 5.97. The van der Waals surface area contributed by atoms with Gasteiger partial charge in [0.2, 0.25) is 5.91 Å². The molecule has 27 heavy (non-hydrogen) atoms. The van der Waals surface area contributed by atoms with Gasteiger partial charge in [-0.1, -0.05) is 41.6 Å². The quantitative estimate of drug-likeness (QED) is 0.743. The summed E-state index contributed by atoms with van der Waals surface area (Å²) < 4.78 is 5.86. The number of rotatable bonds is 5. The summed E-state index contributed by atoms with van der Waals surface area (Å²) in [5.74, 6) is -1.06. The molecular weight excluding hydrogens is 348 g/mol. The van der Waals surface area contributed by atoms with E-state index in [1.54, 1.807) is 62.6 Å². The summed E-state index contributed by atoms with van der Waals surface area (Å²) >= 11 is 0. The second-order valence-electron chi connectivity index (χ2n) is 6.05. The zero-order chi connectivity index (χ0) is 19.4. The number of benzene rings is 2. The van der Waals surface area contributed by atoms with Crippen LogP contribution in [0.25, 0.3) is 11.4 Å². The first-order chi connectivity index (χ1) is 13.0. The monoisotopic (exact) mass is 366 g/mol. The van der Waals surface area contributed by atoms with Crippen LogP contribution in [0.5, 0.6) is 0 Å². The molecule has 0 aliphatic carbocycles. The predicted molar refractivity (Wildman–Crippen MR) is 99.3 cm³/mol. The lowest BCUT2D eigenvalue weighted by Gasteiger charge is -2.12. The molecule has 138 valence electrons. The first kappa shape index (κ1) is 18.1. The van der Waals surface area contributed by atoms with E-state index in [9.17, 15) is 14.4 Å². The van der Waals surface area contributed by atoms with E-state index >= 15 is 0 Å². The average Bonchev–Trinajstić information content (AvgIpc) is 3.02. The van der Waals surface area contributed by atoms with Gasteiger partial charge in [0.25, 0.3) is 5.91 Å². The van der Waals surface area contributed by atoms with E-state index in [1.807, 2.05) is 6.07 Å². The van der Waals surface area contributed by atoms with Gasteiger partial charge in [0.15, 0.2) is 5.82 Å². The maximum Gasteiger partial charge on any atom is 0.442 e. The van der Waals surface area contributed by atoms with Crippen molar-refractivity contribution >= 4 is 17.5 Å². The molecule has 0 unspecified atom stereocenters. The maximum absolute atomic E-state index is 12.4. The molecule has 0 fully saturated rings. The number of carbonyl (C=O) groups is 2. The van der Waals surface area contributed by atoms with Crippen LogP contribution in [0, 0.1) is 0 Å². The number of carbonyl (C=O) groups excluding carboxylic acids is 2. The molecule has 0 aliphatic rings. The van der Waals surface area contributed by atoms with Gasteiger partial charge >= 0.3 is 5.76 Å². The van der Waals surface area contributed by atoms with Crippen molar-refractivity contribution in [2.24, 2.45) is 0 Å². The van der Waals surface area contributed by atoms with Gasteiger partial charge in [-0.15, -0.1) is 0 Å². The fraction of sp³-hybridized carbons (Fsp3) is 0.158. The zero-order valence-electron chi connectivity index (χ0n) is 14.9. The normalized spacial score (nSPS) is 10.4. The lowest BCUT2D eigenvalue weighted by atomic mass is 10.2. The van der Waals surface area contributed by atoms with E-state index in [0.29, 0.717) is 16.8 Å². The summed E-state index contributed by atoms with van der Waals surface area (Å²) in [6, 6.07) is 15.5. The van der Waals surface area contributed by atoms with Crippen LogP contribution in [0.4, 0.5) is 5.69 Å². The van der Waals surface area contributed by atoms with Crippen LogP contribution >= 0.6 is 0 Å². The molecule has 8 heteroatoms. The molecule has 0 radical (unpaired) electrons. The third-order valence-corrected chi connectivity index (χ3v) is 3.82. The van der Waals surface area contributed by atoms with Crippen LogP contribution in [-0.4, -0.2) is 40.5 Å². The summed E-state index contributed by atoms with van der Waals surface area (Å²) in [4.78, 5) is 37.8. The van der Waals surface area contributed by atoms with Crippen LogP contribution in [-0.2, 0) is 11.3 Å². The Kier molecular flexibility index (Phi) is 5.16. The lowest BCUT2D eigenvalue weighted by Crippen LogP contribution is -2.26. The molecule has 2 amide bonds. The Labute approximate surface area is 155 Å². The molecule has 0 aliphatic heterocycles. The number of nitrogens with one attached hydrogen (secondary N) is 1. The molecular formula is C19H18N4O4. The topological polar surface area (TPSA) is 97.4 Å². The van der Waals surface area contributed by atoms with E-state index in [-0.39, 0.29) is 18.3 Å². The number of amides is 2. The number of hydrogen-bond donors (Lipinski definition) is 1. The van der Waals surface area contributed by atoms with Gasteiger partial charge in [-0.3, -0.25) is 14.1 Å². The van der Waals surface area contributed by atoms with Crippen molar-refractivity contribution in [2.45, 2.75) is 6.54 Å². The molecule has 1 N–H and O–H groups in total.